The molecule has 1 saturated heterocycles. The number of carbonyl (C=O) groups is 3. The summed E-state index contributed by atoms with van der Waals surface area (Å²) in [6, 6.07) is 5.29. The molecule has 0 aromatic heterocycles. The van der Waals surface area contributed by atoms with Crippen molar-refractivity contribution >= 4 is 29.1 Å². The van der Waals surface area contributed by atoms with Gasteiger partial charge < -0.3 is 20.3 Å². The van der Waals surface area contributed by atoms with Gasteiger partial charge in [-0.25, -0.2) is 0 Å². The monoisotopic (exact) mass is 453 g/mol. The molecule has 1 aromatic carbocycles. The standard InChI is InChI=1S/C26H35N3O4/c1-33-22-6-5-20(11-21(22)29-7-3-2-4-25(29)32)28-24(31)16-27-23(30)15-26-12-17-8-18(13-26)10-19(9-17)14-26/h5-6,11,17-19H,2-4,7-10,12-16H2,1H3,(H,27,30)(H,28,31). The van der Waals surface area contributed by atoms with E-state index >= 15 is 0 Å². The summed E-state index contributed by atoms with van der Waals surface area (Å²) >= 11 is 0. The fraction of sp³-hybridized carbons (Fsp3) is 0.654. The SMILES string of the molecule is COc1ccc(NC(=O)CNC(=O)CC23CC4CC(CC(C4)C2)C3)cc1N1CCCCC1=O. The number of benzene rings is 1. The second-order valence-electron chi connectivity index (χ2n) is 10.8. The Labute approximate surface area is 195 Å². The van der Waals surface area contributed by atoms with Crippen molar-refractivity contribution in [3.63, 3.8) is 0 Å². The third-order valence-corrected chi connectivity index (χ3v) is 8.22. The van der Waals surface area contributed by atoms with Crippen molar-refractivity contribution in [1.82, 2.24) is 5.32 Å². The van der Waals surface area contributed by atoms with Crippen molar-refractivity contribution < 1.29 is 19.1 Å². The number of anilines is 2. The minimum absolute atomic E-state index is 0.0126. The maximum absolute atomic E-state index is 12.7. The van der Waals surface area contributed by atoms with Crippen molar-refractivity contribution in [3.8, 4) is 5.75 Å². The second kappa shape index (κ2) is 8.99. The number of nitrogens with one attached hydrogen (secondary N) is 2. The summed E-state index contributed by atoms with van der Waals surface area (Å²) in [5, 5.41) is 5.70. The molecule has 5 aliphatic rings. The molecular formula is C26H35N3O4. The van der Waals surface area contributed by atoms with E-state index in [1.54, 1.807) is 30.2 Å². The van der Waals surface area contributed by atoms with Crippen molar-refractivity contribution in [2.24, 2.45) is 23.2 Å². The molecule has 0 unspecified atom stereocenters. The summed E-state index contributed by atoms with van der Waals surface area (Å²) in [5.41, 5.74) is 1.43. The summed E-state index contributed by atoms with van der Waals surface area (Å²) in [6.45, 7) is 0.599. The molecule has 0 atom stereocenters. The van der Waals surface area contributed by atoms with Crippen LogP contribution in [0.4, 0.5) is 11.4 Å². The molecule has 6 rings (SSSR count). The molecule has 1 aromatic rings. The fourth-order valence-electron chi connectivity index (χ4n) is 7.33. The summed E-state index contributed by atoms with van der Waals surface area (Å²) in [6.07, 6.45) is 10.5. The van der Waals surface area contributed by atoms with Gasteiger partial charge >= 0.3 is 0 Å². The molecule has 178 valence electrons. The van der Waals surface area contributed by atoms with Crippen LogP contribution in [0.25, 0.3) is 0 Å². The smallest absolute Gasteiger partial charge is 0.243 e. The number of amides is 3. The summed E-state index contributed by atoms with van der Waals surface area (Å²) in [4.78, 5) is 39.4. The number of nitrogens with zero attached hydrogens (tertiary/aromatic N) is 1. The predicted molar refractivity (Wildman–Crippen MR) is 126 cm³/mol. The van der Waals surface area contributed by atoms with Gasteiger partial charge in [-0.15, -0.1) is 0 Å². The van der Waals surface area contributed by atoms with Gasteiger partial charge in [-0.2, -0.15) is 0 Å². The van der Waals surface area contributed by atoms with Gasteiger partial charge in [-0.1, -0.05) is 0 Å². The van der Waals surface area contributed by atoms with E-state index in [0.29, 0.717) is 36.5 Å². The summed E-state index contributed by atoms with van der Waals surface area (Å²) < 4.78 is 5.44. The van der Waals surface area contributed by atoms with Gasteiger partial charge in [0.15, 0.2) is 0 Å². The van der Waals surface area contributed by atoms with Crippen molar-refractivity contribution in [3.05, 3.63) is 18.2 Å². The molecule has 2 N–H and O–H groups in total. The molecule has 4 bridgehead atoms. The first-order chi connectivity index (χ1) is 15.9. The Kier molecular flexibility index (Phi) is 6.06. The van der Waals surface area contributed by atoms with Crippen LogP contribution < -0.4 is 20.3 Å². The van der Waals surface area contributed by atoms with Crippen molar-refractivity contribution in [2.75, 3.05) is 30.4 Å². The lowest BCUT2D eigenvalue weighted by molar-refractivity contribution is -0.131. The van der Waals surface area contributed by atoms with Crippen LogP contribution in [-0.2, 0) is 14.4 Å². The van der Waals surface area contributed by atoms with E-state index in [1.807, 2.05) is 0 Å². The molecule has 33 heavy (non-hydrogen) atoms. The lowest BCUT2D eigenvalue weighted by atomic mass is 9.49. The highest BCUT2D eigenvalue weighted by Gasteiger charge is 2.51. The lowest BCUT2D eigenvalue weighted by Gasteiger charge is -2.56. The molecule has 3 amide bonds. The molecule has 7 heteroatoms. The Morgan fingerprint density at radius 2 is 1.76 bits per heavy atom. The molecule has 0 radical (unpaired) electrons. The second-order valence-corrected chi connectivity index (χ2v) is 10.8. The molecule has 4 aliphatic carbocycles. The quantitative estimate of drug-likeness (QED) is 0.656. The van der Waals surface area contributed by atoms with E-state index in [-0.39, 0.29) is 29.7 Å². The van der Waals surface area contributed by atoms with E-state index in [9.17, 15) is 14.4 Å². The number of methoxy groups -OCH3 is 1. The number of carbonyl (C=O) groups excluding carboxylic acids is 3. The highest BCUT2D eigenvalue weighted by atomic mass is 16.5. The van der Waals surface area contributed by atoms with Crippen molar-refractivity contribution in [2.45, 2.75) is 64.2 Å². The zero-order valence-corrected chi connectivity index (χ0v) is 19.5. The summed E-state index contributed by atoms with van der Waals surface area (Å²) in [7, 11) is 1.57. The third kappa shape index (κ3) is 4.73. The molecule has 5 fully saturated rings. The topological polar surface area (TPSA) is 87.7 Å². The van der Waals surface area contributed by atoms with Gasteiger partial charge in [-0.3, -0.25) is 14.4 Å². The van der Waals surface area contributed by atoms with Gasteiger partial charge in [0.1, 0.15) is 5.75 Å². The average Bonchev–Trinajstić information content (AvgIpc) is 2.77. The van der Waals surface area contributed by atoms with Crippen LogP contribution in [0.5, 0.6) is 5.75 Å². The Hall–Kier alpha value is -2.57. The number of piperidine rings is 1. The molecule has 1 aliphatic heterocycles. The van der Waals surface area contributed by atoms with Crippen LogP contribution in [0.15, 0.2) is 18.2 Å². The van der Waals surface area contributed by atoms with Gasteiger partial charge in [-0.05, 0) is 92.7 Å². The Morgan fingerprint density at radius 1 is 1.06 bits per heavy atom. The first-order valence-electron chi connectivity index (χ1n) is 12.5. The van der Waals surface area contributed by atoms with Crippen molar-refractivity contribution in [1.29, 1.82) is 0 Å². The normalized spacial score (nSPS) is 30.3. The predicted octanol–water partition coefficient (Wildman–Crippen LogP) is 3.87. The Balaban J connectivity index is 1.16. The summed E-state index contributed by atoms with van der Waals surface area (Å²) in [5.74, 6) is 2.82. The average molecular weight is 454 g/mol. The van der Waals surface area contributed by atoms with E-state index in [1.165, 1.54) is 38.5 Å². The molecule has 0 spiro atoms. The molecule has 1 heterocycles. The fourth-order valence-corrected chi connectivity index (χ4v) is 7.33. The number of hydrogen-bond donors (Lipinski definition) is 2. The van der Waals surface area contributed by atoms with E-state index in [0.717, 1.165) is 30.6 Å². The molecule has 7 nitrogen and oxygen atoms in total. The van der Waals surface area contributed by atoms with Crippen LogP contribution in [0.2, 0.25) is 0 Å². The molecule has 4 saturated carbocycles. The zero-order chi connectivity index (χ0) is 23.0. The minimum atomic E-state index is -0.269. The van der Waals surface area contributed by atoms with Crippen LogP contribution >= 0.6 is 0 Å². The Bertz CT molecular complexity index is 908. The highest BCUT2D eigenvalue weighted by Crippen LogP contribution is 2.61. The maximum atomic E-state index is 12.7. The number of hydrogen-bond acceptors (Lipinski definition) is 4. The first-order valence-corrected chi connectivity index (χ1v) is 12.5. The van der Waals surface area contributed by atoms with Crippen LogP contribution in [0.1, 0.15) is 64.2 Å². The van der Waals surface area contributed by atoms with Crippen LogP contribution in [0, 0.1) is 23.2 Å². The Morgan fingerprint density at radius 3 is 2.39 bits per heavy atom. The molecular weight excluding hydrogens is 418 g/mol. The highest BCUT2D eigenvalue weighted by molar-refractivity contribution is 5.98. The van der Waals surface area contributed by atoms with Gasteiger partial charge in [0.05, 0.1) is 19.3 Å². The minimum Gasteiger partial charge on any atom is -0.495 e. The number of ether oxygens (including phenoxy) is 1. The van der Waals surface area contributed by atoms with Gasteiger partial charge in [0, 0.05) is 25.1 Å². The largest absolute Gasteiger partial charge is 0.495 e. The third-order valence-electron chi connectivity index (χ3n) is 8.22. The lowest BCUT2D eigenvalue weighted by Crippen LogP contribution is -2.48. The zero-order valence-electron chi connectivity index (χ0n) is 19.5. The number of rotatable bonds is 7. The van der Waals surface area contributed by atoms with Gasteiger partial charge in [0.25, 0.3) is 0 Å². The maximum Gasteiger partial charge on any atom is 0.243 e. The first kappa shape index (κ1) is 22.2. The van der Waals surface area contributed by atoms with Gasteiger partial charge in [0.2, 0.25) is 17.7 Å². The van der Waals surface area contributed by atoms with E-state index in [4.69, 9.17) is 4.74 Å². The van der Waals surface area contributed by atoms with E-state index < -0.39 is 0 Å². The van der Waals surface area contributed by atoms with Crippen LogP contribution in [0.3, 0.4) is 0 Å². The van der Waals surface area contributed by atoms with E-state index in [2.05, 4.69) is 10.6 Å². The van der Waals surface area contributed by atoms with Crippen LogP contribution in [-0.4, -0.2) is 37.9 Å².